The van der Waals surface area contributed by atoms with E-state index in [0.717, 1.165) is 22.9 Å². The largest absolute Gasteiger partial charge is 0.489 e. The summed E-state index contributed by atoms with van der Waals surface area (Å²) in [7, 11) is -3.25. The van der Waals surface area contributed by atoms with Crippen molar-refractivity contribution >= 4 is 10.0 Å². The van der Waals surface area contributed by atoms with Gasteiger partial charge in [-0.1, -0.05) is 42.5 Å². The Morgan fingerprint density at radius 3 is 2.45 bits per heavy atom. The normalized spacial score (nSPS) is 12.5. The number of hydrogen-bond donors (Lipinski definition) is 2. The second kappa shape index (κ2) is 11.4. The lowest BCUT2D eigenvalue weighted by Crippen LogP contribution is -2.38. The molecule has 0 radical (unpaired) electrons. The molecular formula is C25H28F2N2O3S. The molecule has 0 spiro atoms. The third-order valence-corrected chi connectivity index (χ3v) is 5.75. The van der Waals surface area contributed by atoms with Crippen LogP contribution in [0.15, 0.2) is 66.7 Å². The van der Waals surface area contributed by atoms with Gasteiger partial charge in [-0.25, -0.2) is 21.9 Å². The first-order chi connectivity index (χ1) is 15.7. The van der Waals surface area contributed by atoms with Gasteiger partial charge >= 0.3 is 0 Å². The predicted octanol–water partition coefficient (Wildman–Crippen LogP) is 4.16. The fourth-order valence-electron chi connectivity index (χ4n) is 3.30. The molecule has 2 N–H and O–H groups in total. The van der Waals surface area contributed by atoms with Crippen molar-refractivity contribution < 1.29 is 21.9 Å². The van der Waals surface area contributed by atoms with Crippen LogP contribution < -0.4 is 14.8 Å². The van der Waals surface area contributed by atoms with Gasteiger partial charge < -0.3 is 10.1 Å². The fraction of sp³-hybridized carbons (Fsp3) is 0.280. The molecule has 0 bridgehead atoms. The third-order valence-electron chi connectivity index (χ3n) is 5.06. The lowest BCUT2D eigenvalue weighted by atomic mass is 10.0. The maximum Gasteiger partial charge on any atom is 0.208 e. The van der Waals surface area contributed by atoms with E-state index in [4.69, 9.17) is 4.74 Å². The summed E-state index contributed by atoms with van der Waals surface area (Å²) in [5.41, 5.74) is 3.05. The van der Waals surface area contributed by atoms with Crippen LogP contribution in [0.3, 0.4) is 0 Å². The second-order valence-corrected chi connectivity index (χ2v) is 9.86. The molecule has 5 nitrogen and oxygen atoms in total. The van der Waals surface area contributed by atoms with Gasteiger partial charge in [-0.3, -0.25) is 0 Å². The van der Waals surface area contributed by atoms with Crippen LogP contribution in [0.5, 0.6) is 5.75 Å². The van der Waals surface area contributed by atoms with Crippen molar-refractivity contribution in [1.82, 2.24) is 10.0 Å². The fourth-order valence-corrected chi connectivity index (χ4v) is 3.85. The van der Waals surface area contributed by atoms with Gasteiger partial charge in [0.2, 0.25) is 10.0 Å². The average Bonchev–Trinajstić information content (AvgIpc) is 2.76. The first-order valence-corrected chi connectivity index (χ1v) is 12.5. The number of nitrogens with one attached hydrogen (secondary N) is 2. The summed E-state index contributed by atoms with van der Waals surface area (Å²) in [6, 6.07) is 18.4. The van der Waals surface area contributed by atoms with E-state index in [1.54, 1.807) is 24.3 Å². The lowest BCUT2D eigenvalue weighted by molar-refractivity contribution is 0.297. The Balaban J connectivity index is 1.75. The van der Waals surface area contributed by atoms with Gasteiger partial charge in [0.05, 0.1) is 6.26 Å². The van der Waals surface area contributed by atoms with Crippen molar-refractivity contribution in [2.45, 2.75) is 32.5 Å². The van der Waals surface area contributed by atoms with E-state index in [9.17, 15) is 17.2 Å². The molecule has 0 aromatic heterocycles. The Labute approximate surface area is 193 Å². The molecular weight excluding hydrogens is 446 g/mol. The van der Waals surface area contributed by atoms with Gasteiger partial charge in [0.1, 0.15) is 24.0 Å². The van der Waals surface area contributed by atoms with Gasteiger partial charge in [0, 0.05) is 31.1 Å². The van der Waals surface area contributed by atoms with E-state index >= 15 is 0 Å². The molecule has 8 heteroatoms. The van der Waals surface area contributed by atoms with Crippen LogP contribution in [-0.2, 0) is 29.6 Å². The SMILES string of the molecule is C[C@@H](CNS(C)(=O)=O)NCc1ccc(OCc2ccccc2F)c(Cc2cccc(F)c2)c1. The molecule has 3 aromatic carbocycles. The molecule has 0 aliphatic heterocycles. The van der Waals surface area contributed by atoms with Crippen LogP contribution >= 0.6 is 0 Å². The van der Waals surface area contributed by atoms with Crippen molar-refractivity contribution in [3.8, 4) is 5.75 Å². The van der Waals surface area contributed by atoms with Crippen molar-refractivity contribution in [3.63, 3.8) is 0 Å². The molecule has 0 aliphatic carbocycles. The molecule has 176 valence electrons. The highest BCUT2D eigenvalue weighted by molar-refractivity contribution is 7.88. The molecule has 0 fully saturated rings. The van der Waals surface area contributed by atoms with Gasteiger partial charge in [-0.15, -0.1) is 0 Å². The smallest absolute Gasteiger partial charge is 0.208 e. The zero-order valence-electron chi connectivity index (χ0n) is 18.6. The van der Waals surface area contributed by atoms with Gasteiger partial charge in [0.15, 0.2) is 0 Å². The lowest BCUT2D eigenvalue weighted by Gasteiger charge is -2.17. The topological polar surface area (TPSA) is 67.4 Å². The molecule has 0 heterocycles. The number of sulfonamides is 1. The molecule has 33 heavy (non-hydrogen) atoms. The third kappa shape index (κ3) is 8.24. The zero-order valence-corrected chi connectivity index (χ0v) is 19.5. The quantitative estimate of drug-likeness (QED) is 0.438. The molecule has 0 aliphatic rings. The number of benzene rings is 3. The van der Waals surface area contributed by atoms with E-state index in [2.05, 4.69) is 10.0 Å². The summed E-state index contributed by atoms with van der Waals surface area (Å²) in [4.78, 5) is 0. The number of rotatable bonds is 11. The maximum absolute atomic E-state index is 14.0. The molecule has 1 atom stereocenters. The maximum atomic E-state index is 14.0. The van der Waals surface area contributed by atoms with Crippen molar-refractivity contribution in [2.24, 2.45) is 0 Å². The van der Waals surface area contributed by atoms with E-state index in [1.165, 1.54) is 18.2 Å². The van der Waals surface area contributed by atoms with E-state index in [-0.39, 0.29) is 30.8 Å². The first kappa shape index (κ1) is 24.8. The highest BCUT2D eigenvalue weighted by Crippen LogP contribution is 2.25. The van der Waals surface area contributed by atoms with Crippen LogP contribution in [0.2, 0.25) is 0 Å². The summed E-state index contributed by atoms with van der Waals surface area (Å²) in [6.07, 6.45) is 1.57. The first-order valence-electron chi connectivity index (χ1n) is 10.6. The summed E-state index contributed by atoms with van der Waals surface area (Å²) in [5.74, 6) is -0.0499. The summed E-state index contributed by atoms with van der Waals surface area (Å²) in [6.45, 7) is 2.75. The predicted molar refractivity (Wildman–Crippen MR) is 126 cm³/mol. The van der Waals surface area contributed by atoms with Crippen molar-refractivity contribution in [3.05, 3.63) is 101 Å². The second-order valence-electron chi connectivity index (χ2n) is 8.03. The molecule has 0 saturated carbocycles. The number of halogens is 2. The summed E-state index contributed by atoms with van der Waals surface area (Å²) < 4.78 is 58.6. The van der Waals surface area contributed by atoms with Gasteiger partial charge in [-0.05, 0) is 47.9 Å². The summed E-state index contributed by atoms with van der Waals surface area (Å²) in [5, 5.41) is 3.28. The minimum atomic E-state index is -3.25. The highest BCUT2D eigenvalue weighted by Gasteiger charge is 2.11. The van der Waals surface area contributed by atoms with E-state index in [1.807, 2.05) is 31.2 Å². The van der Waals surface area contributed by atoms with Crippen LogP contribution in [0.1, 0.15) is 29.2 Å². The van der Waals surface area contributed by atoms with Crippen LogP contribution in [0.4, 0.5) is 8.78 Å². The van der Waals surface area contributed by atoms with Crippen molar-refractivity contribution in [1.29, 1.82) is 0 Å². The Kier molecular flexibility index (Phi) is 8.55. The average molecular weight is 475 g/mol. The monoisotopic (exact) mass is 474 g/mol. The molecule has 0 saturated heterocycles. The zero-order chi connectivity index (χ0) is 23.8. The number of ether oxygens (including phenoxy) is 1. The minimum absolute atomic E-state index is 0.0780. The van der Waals surface area contributed by atoms with Gasteiger partial charge in [-0.2, -0.15) is 0 Å². The van der Waals surface area contributed by atoms with E-state index < -0.39 is 10.0 Å². The summed E-state index contributed by atoms with van der Waals surface area (Å²) >= 11 is 0. The Morgan fingerprint density at radius 2 is 1.73 bits per heavy atom. The van der Waals surface area contributed by atoms with Crippen molar-refractivity contribution in [2.75, 3.05) is 12.8 Å². The molecule has 0 amide bonds. The molecule has 0 unspecified atom stereocenters. The molecule has 3 rings (SSSR count). The Morgan fingerprint density at radius 1 is 0.939 bits per heavy atom. The number of hydrogen-bond acceptors (Lipinski definition) is 4. The Bertz CT molecular complexity index is 1190. The van der Waals surface area contributed by atoms with E-state index in [0.29, 0.717) is 24.3 Å². The standard InChI is InChI=1S/C25H28F2N2O3S/c1-18(15-29-33(2,30)31)28-16-20-10-11-25(32-17-21-7-3-4-9-24(21)27)22(13-20)12-19-6-5-8-23(26)14-19/h3-11,13-14,18,28-29H,12,15-17H2,1-2H3/t18-/m0/s1. The highest BCUT2D eigenvalue weighted by atomic mass is 32.2. The van der Waals surface area contributed by atoms with Crippen LogP contribution in [0.25, 0.3) is 0 Å². The Hall–Kier alpha value is -2.81. The molecule has 3 aromatic rings. The van der Waals surface area contributed by atoms with Crippen LogP contribution in [-0.4, -0.2) is 27.3 Å². The van der Waals surface area contributed by atoms with Crippen LogP contribution in [0, 0.1) is 11.6 Å². The van der Waals surface area contributed by atoms with Gasteiger partial charge in [0.25, 0.3) is 0 Å². The minimum Gasteiger partial charge on any atom is -0.489 e.